The molecule has 2 heterocycles. The van der Waals surface area contributed by atoms with Crippen LogP contribution in [0.25, 0.3) is 0 Å². The highest BCUT2D eigenvalue weighted by molar-refractivity contribution is 6.21. The zero-order valence-corrected chi connectivity index (χ0v) is 14.3. The molecule has 0 radical (unpaired) electrons. The first-order valence-corrected chi connectivity index (χ1v) is 9.12. The molecule has 6 heteroatoms. The summed E-state index contributed by atoms with van der Waals surface area (Å²) >= 11 is 0. The first kappa shape index (κ1) is 16.3. The Kier molecular flexibility index (Phi) is 4.29. The van der Waals surface area contributed by atoms with Crippen molar-refractivity contribution in [2.75, 3.05) is 32.7 Å². The van der Waals surface area contributed by atoms with Crippen LogP contribution in [-0.2, 0) is 4.79 Å². The van der Waals surface area contributed by atoms with E-state index >= 15 is 0 Å². The van der Waals surface area contributed by atoms with Gasteiger partial charge in [0.25, 0.3) is 11.8 Å². The summed E-state index contributed by atoms with van der Waals surface area (Å²) in [7, 11) is 0. The predicted octanol–water partition coefficient (Wildman–Crippen LogP) is 1.37. The number of nitrogens with zero attached hydrogens (tertiary/aromatic N) is 3. The summed E-state index contributed by atoms with van der Waals surface area (Å²) in [6.45, 7) is 3.83. The topological polar surface area (TPSA) is 60.9 Å². The van der Waals surface area contributed by atoms with Crippen molar-refractivity contribution in [2.24, 2.45) is 0 Å². The molecule has 0 N–H and O–H groups in total. The van der Waals surface area contributed by atoms with Crippen LogP contribution in [0.2, 0.25) is 0 Å². The van der Waals surface area contributed by atoms with E-state index in [9.17, 15) is 14.4 Å². The molecule has 2 fully saturated rings. The zero-order valence-electron chi connectivity index (χ0n) is 14.3. The smallest absolute Gasteiger partial charge is 0.261 e. The molecule has 4 rings (SSSR count). The maximum atomic E-state index is 12.4. The highest BCUT2D eigenvalue weighted by atomic mass is 16.2. The Labute approximate surface area is 147 Å². The summed E-state index contributed by atoms with van der Waals surface area (Å²) in [6, 6.07) is 7.64. The standard InChI is InChI=1S/C19H23N3O3/c23-17(21-12-10-20(11-13-21)14-7-8-14)6-3-9-22-18(24)15-4-1-2-5-16(15)19(22)25/h1-2,4-5,14H,3,6-13H2. The van der Waals surface area contributed by atoms with Crippen LogP contribution in [0.3, 0.4) is 0 Å². The minimum Gasteiger partial charge on any atom is -0.340 e. The first-order valence-electron chi connectivity index (χ1n) is 9.12. The number of imide groups is 1. The van der Waals surface area contributed by atoms with Gasteiger partial charge in [0.05, 0.1) is 11.1 Å². The molecule has 132 valence electrons. The van der Waals surface area contributed by atoms with Gasteiger partial charge in [-0.3, -0.25) is 24.2 Å². The monoisotopic (exact) mass is 341 g/mol. The lowest BCUT2D eigenvalue weighted by molar-refractivity contribution is -0.133. The van der Waals surface area contributed by atoms with Gasteiger partial charge in [-0.25, -0.2) is 0 Å². The zero-order chi connectivity index (χ0) is 17.4. The Hall–Kier alpha value is -2.21. The molecule has 2 aliphatic heterocycles. The van der Waals surface area contributed by atoms with Crippen LogP contribution in [0, 0.1) is 0 Å². The van der Waals surface area contributed by atoms with Crippen LogP contribution >= 0.6 is 0 Å². The fourth-order valence-electron chi connectivity index (χ4n) is 3.76. The molecule has 1 aromatic carbocycles. The number of piperazine rings is 1. The molecule has 0 aromatic heterocycles. The summed E-state index contributed by atoms with van der Waals surface area (Å²) < 4.78 is 0. The van der Waals surface area contributed by atoms with E-state index in [1.54, 1.807) is 24.3 Å². The SMILES string of the molecule is O=C(CCCN1C(=O)c2ccccc2C1=O)N1CCN(C2CC2)CC1. The summed E-state index contributed by atoms with van der Waals surface area (Å²) in [5, 5.41) is 0. The average Bonchev–Trinajstić information content (AvgIpc) is 3.46. The van der Waals surface area contributed by atoms with Crippen LogP contribution < -0.4 is 0 Å². The van der Waals surface area contributed by atoms with E-state index in [2.05, 4.69) is 4.90 Å². The van der Waals surface area contributed by atoms with Gasteiger partial charge in [-0.15, -0.1) is 0 Å². The molecule has 1 aromatic rings. The summed E-state index contributed by atoms with van der Waals surface area (Å²) in [6.07, 6.45) is 3.51. The molecular weight excluding hydrogens is 318 g/mol. The van der Waals surface area contributed by atoms with Crippen LogP contribution in [0.5, 0.6) is 0 Å². The van der Waals surface area contributed by atoms with Crippen LogP contribution in [0.1, 0.15) is 46.4 Å². The highest BCUT2D eigenvalue weighted by Crippen LogP contribution is 2.27. The van der Waals surface area contributed by atoms with E-state index in [1.165, 1.54) is 17.7 Å². The molecule has 0 spiro atoms. The minimum absolute atomic E-state index is 0.132. The maximum absolute atomic E-state index is 12.4. The maximum Gasteiger partial charge on any atom is 0.261 e. The van der Waals surface area contributed by atoms with E-state index in [0.29, 0.717) is 30.5 Å². The second-order valence-corrected chi connectivity index (χ2v) is 7.06. The molecule has 6 nitrogen and oxygen atoms in total. The summed E-state index contributed by atoms with van der Waals surface area (Å²) in [5.41, 5.74) is 0.935. The largest absolute Gasteiger partial charge is 0.340 e. The van der Waals surface area contributed by atoms with Crippen molar-refractivity contribution in [3.8, 4) is 0 Å². The highest BCUT2D eigenvalue weighted by Gasteiger charge is 2.35. The van der Waals surface area contributed by atoms with E-state index in [0.717, 1.165) is 32.2 Å². The Morgan fingerprint density at radius 1 is 0.960 bits per heavy atom. The lowest BCUT2D eigenvalue weighted by Gasteiger charge is -2.35. The van der Waals surface area contributed by atoms with Gasteiger partial charge >= 0.3 is 0 Å². The molecule has 1 saturated carbocycles. The van der Waals surface area contributed by atoms with Crippen molar-refractivity contribution in [2.45, 2.75) is 31.7 Å². The van der Waals surface area contributed by atoms with Gasteiger partial charge in [-0.1, -0.05) is 12.1 Å². The second-order valence-electron chi connectivity index (χ2n) is 7.06. The van der Waals surface area contributed by atoms with E-state index in [4.69, 9.17) is 0 Å². The fourth-order valence-corrected chi connectivity index (χ4v) is 3.76. The van der Waals surface area contributed by atoms with Gasteiger partial charge in [-0.2, -0.15) is 0 Å². The van der Waals surface area contributed by atoms with Crippen molar-refractivity contribution >= 4 is 17.7 Å². The Morgan fingerprint density at radius 3 is 2.12 bits per heavy atom. The Morgan fingerprint density at radius 2 is 1.56 bits per heavy atom. The average molecular weight is 341 g/mol. The van der Waals surface area contributed by atoms with Crippen molar-refractivity contribution in [3.05, 3.63) is 35.4 Å². The lowest BCUT2D eigenvalue weighted by atomic mass is 10.1. The third-order valence-corrected chi connectivity index (χ3v) is 5.38. The molecule has 0 unspecified atom stereocenters. The van der Waals surface area contributed by atoms with E-state index in [-0.39, 0.29) is 17.7 Å². The van der Waals surface area contributed by atoms with Crippen LogP contribution in [0.4, 0.5) is 0 Å². The Balaban J connectivity index is 1.25. The van der Waals surface area contributed by atoms with E-state index < -0.39 is 0 Å². The minimum atomic E-state index is -0.244. The van der Waals surface area contributed by atoms with Gasteiger partial charge in [0.1, 0.15) is 0 Å². The van der Waals surface area contributed by atoms with Gasteiger partial charge in [0, 0.05) is 45.2 Å². The third kappa shape index (κ3) is 3.18. The van der Waals surface area contributed by atoms with Crippen molar-refractivity contribution in [1.29, 1.82) is 0 Å². The number of amides is 3. The molecule has 1 aliphatic carbocycles. The summed E-state index contributed by atoms with van der Waals surface area (Å²) in [5.74, 6) is -0.357. The van der Waals surface area contributed by atoms with Crippen molar-refractivity contribution < 1.29 is 14.4 Å². The van der Waals surface area contributed by atoms with Crippen molar-refractivity contribution in [1.82, 2.24) is 14.7 Å². The second kappa shape index (κ2) is 6.59. The van der Waals surface area contributed by atoms with Gasteiger partial charge < -0.3 is 4.90 Å². The van der Waals surface area contributed by atoms with E-state index in [1.807, 2.05) is 4.90 Å². The number of carbonyl (C=O) groups is 3. The molecule has 25 heavy (non-hydrogen) atoms. The molecule has 1 saturated heterocycles. The number of benzene rings is 1. The number of hydrogen-bond acceptors (Lipinski definition) is 4. The number of hydrogen-bond donors (Lipinski definition) is 0. The third-order valence-electron chi connectivity index (χ3n) is 5.38. The molecule has 3 amide bonds. The fraction of sp³-hybridized carbons (Fsp3) is 0.526. The number of rotatable bonds is 5. The normalized spacial score (nSPS) is 21.0. The van der Waals surface area contributed by atoms with Gasteiger partial charge in [0.2, 0.25) is 5.91 Å². The molecular formula is C19H23N3O3. The Bertz CT molecular complexity index is 671. The van der Waals surface area contributed by atoms with Crippen LogP contribution in [0.15, 0.2) is 24.3 Å². The molecule has 0 atom stereocenters. The lowest BCUT2D eigenvalue weighted by Crippen LogP contribution is -2.49. The number of fused-ring (bicyclic) bond motifs is 1. The van der Waals surface area contributed by atoms with Crippen molar-refractivity contribution in [3.63, 3.8) is 0 Å². The van der Waals surface area contributed by atoms with Gasteiger partial charge in [-0.05, 0) is 31.4 Å². The summed E-state index contributed by atoms with van der Waals surface area (Å²) in [4.78, 5) is 42.6. The molecule has 0 bridgehead atoms. The quantitative estimate of drug-likeness (QED) is 0.759. The van der Waals surface area contributed by atoms with Crippen LogP contribution in [-0.4, -0.2) is 71.2 Å². The first-order chi connectivity index (χ1) is 12.1. The predicted molar refractivity (Wildman–Crippen MR) is 92.2 cm³/mol. The molecule has 3 aliphatic rings. The number of carbonyl (C=O) groups excluding carboxylic acids is 3. The van der Waals surface area contributed by atoms with Gasteiger partial charge in [0.15, 0.2) is 0 Å².